The molecular weight excluding hydrogens is 412 g/mol. The number of ketones is 1. The maximum atomic E-state index is 13.1. The number of thiophene rings is 2. The van der Waals surface area contributed by atoms with Gasteiger partial charge >= 0.3 is 0 Å². The van der Waals surface area contributed by atoms with Gasteiger partial charge in [-0.05, 0) is 66.5 Å². The standard InChI is InChI=1S/C23H20N4OS2/c24-10-15-14-4-1-2-7-19(14)30-23(15)27-17-5-3-6-18(28)21(17)20(13-8-9-29-12-13)16(11-25)22(27)26/h8-9,12,20H,1-7,26H2/t20-/m1/s1. The van der Waals surface area contributed by atoms with E-state index in [0.29, 0.717) is 35.4 Å². The third-order valence-electron chi connectivity index (χ3n) is 6.26. The smallest absolute Gasteiger partial charge is 0.161 e. The van der Waals surface area contributed by atoms with E-state index in [0.717, 1.165) is 53.9 Å². The highest BCUT2D eigenvalue weighted by Gasteiger charge is 2.42. The van der Waals surface area contributed by atoms with E-state index in [1.807, 2.05) is 21.7 Å². The van der Waals surface area contributed by atoms with Gasteiger partial charge in [0.1, 0.15) is 16.9 Å². The zero-order valence-corrected chi connectivity index (χ0v) is 18.0. The minimum Gasteiger partial charge on any atom is -0.384 e. The van der Waals surface area contributed by atoms with Gasteiger partial charge in [-0.3, -0.25) is 9.69 Å². The molecule has 0 radical (unpaired) electrons. The van der Waals surface area contributed by atoms with Crippen LogP contribution in [-0.2, 0) is 17.6 Å². The average Bonchev–Trinajstić information content (AvgIpc) is 3.40. The SMILES string of the molecule is N#CC1=C(N)N(c2sc3c(c2C#N)CCCC3)C2=C(C(=O)CCC2)[C@@H]1c1ccsc1. The normalized spacial score (nSPS) is 21.2. The second-order valence-electron chi connectivity index (χ2n) is 7.88. The number of rotatable bonds is 2. The number of carbonyl (C=O) groups is 1. The molecule has 0 unspecified atom stereocenters. The van der Waals surface area contributed by atoms with E-state index < -0.39 is 5.92 Å². The molecule has 30 heavy (non-hydrogen) atoms. The molecule has 0 fully saturated rings. The molecule has 0 saturated carbocycles. The van der Waals surface area contributed by atoms with Crippen LogP contribution in [0.2, 0.25) is 0 Å². The largest absolute Gasteiger partial charge is 0.384 e. The lowest BCUT2D eigenvalue weighted by Crippen LogP contribution is -2.38. The van der Waals surface area contributed by atoms with Crippen LogP contribution in [0, 0.1) is 22.7 Å². The Labute approximate surface area is 183 Å². The Morgan fingerprint density at radius 1 is 1.10 bits per heavy atom. The highest BCUT2D eigenvalue weighted by Crippen LogP contribution is 2.50. The van der Waals surface area contributed by atoms with Crippen molar-refractivity contribution in [1.82, 2.24) is 0 Å². The Bertz CT molecular complexity index is 1190. The zero-order valence-electron chi connectivity index (χ0n) is 16.4. The molecule has 1 atom stereocenters. The second-order valence-corrected chi connectivity index (χ2v) is 9.74. The van der Waals surface area contributed by atoms with Gasteiger partial charge in [-0.25, -0.2) is 0 Å². The Balaban J connectivity index is 1.77. The predicted molar refractivity (Wildman–Crippen MR) is 118 cm³/mol. The number of carbonyl (C=O) groups excluding carboxylic acids is 1. The number of hydrogen-bond acceptors (Lipinski definition) is 7. The third-order valence-corrected chi connectivity index (χ3v) is 8.24. The Morgan fingerprint density at radius 3 is 2.67 bits per heavy atom. The maximum absolute atomic E-state index is 13.1. The summed E-state index contributed by atoms with van der Waals surface area (Å²) in [6.07, 6.45) is 6.04. The molecule has 0 spiro atoms. The van der Waals surface area contributed by atoms with Gasteiger partial charge in [0.2, 0.25) is 0 Å². The lowest BCUT2D eigenvalue weighted by molar-refractivity contribution is -0.116. The zero-order chi connectivity index (χ0) is 20.8. The summed E-state index contributed by atoms with van der Waals surface area (Å²) in [6, 6.07) is 6.66. The van der Waals surface area contributed by atoms with Gasteiger partial charge in [0.05, 0.1) is 23.1 Å². The van der Waals surface area contributed by atoms with Crippen molar-refractivity contribution in [3.05, 3.63) is 61.1 Å². The van der Waals surface area contributed by atoms with E-state index in [4.69, 9.17) is 5.73 Å². The molecule has 5 nitrogen and oxygen atoms in total. The molecule has 2 aliphatic carbocycles. The van der Waals surface area contributed by atoms with Gasteiger partial charge in [0.15, 0.2) is 5.78 Å². The number of nitrogens with two attached hydrogens (primary N) is 1. The van der Waals surface area contributed by atoms with Crippen LogP contribution in [0.3, 0.4) is 0 Å². The van der Waals surface area contributed by atoms with Crippen LogP contribution < -0.4 is 10.6 Å². The van der Waals surface area contributed by atoms with Gasteiger partial charge in [-0.2, -0.15) is 21.9 Å². The molecule has 150 valence electrons. The van der Waals surface area contributed by atoms with E-state index in [9.17, 15) is 15.3 Å². The summed E-state index contributed by atoms with van der Waals surface area (Å²) < 4.78 is 0. The van der Waals surface area contributed by atoms with Crippen molar-refractivity contribution in [1.29, 1.82) is 10.5 Å². The van der Waals surface area contributed by atoms with Gasteiger partial charge in [-0.1, -0.05) is 0 Å². The van der Waals surface area contributed by atoms with Crippen molar-refractivity contribution in [2.75, 3.05) is 4.90 Å². The molecule has 2 N–H and O–H groups in total. The summed E-state index contributed by atoms with van der Waals surface area (Å²) in [5, 5.41) is 24.8. The quantitative estimate of drug-likeness (QED) is 0.731. The van der Waals surface area contributed by atoms with Gasteiger partial charge < -0.3 is 5.73 Å². The van der Waals surface area contributed by atoms with E-state index in [-0.39, 0.29) is 5.78 Å². The molecule has 0 amide bonds. The Hall–Kier alpha value is -2.87. The Kier molecular flexibility index (Phi) is 4.73. The van der Waals surface area contributed by atoms with Crippen LogP contribution in [0.15, 0.2) is 39.5 Å². The summed E-state index contributed by atoms with van der Waals surface area (Å²) >= 11 is 3.15. The number of anilines is 1. The van der Waals surface area contributed by atoms with Crippen LogP contribution in [0.1, 0.15) is 59.6 Å². The Morgan fingerprint density at radius 2 is 1.93 bits per heavy atom. The molecule has 3 heterocycles. The van der Waals surface area contributed by atoms with Crippen molar-refractivity contribution in [3.63, 3.8) is 0 Å². The third kappa shape index (κ3) is 2.74. The lowest BCUT2D eigenvalue weighted by Gasteiger charge is -2.38. The van der Waals surface area contributed by atoms with Crippen LogP contribution in [-0.4, -0.2) is 5.78 Å². The van der Waals surface area contributed by atoms with Crippen molar-refractivity contribution in [3.8, 4) is 12.1 Å². The molecule has 7 heteroatoms. The molecular formula is C23H20N4OS2. The maximum Gasteiger partial charge on any atom is 0.161 e. The highest BCUT2D eigenvalue weighted by atomic mass is 32.1. The fourth-order valence-electron chi connectivity index (χ4n) is 4.92. The summed E-state index contributed by atoms with van der Waals surface area (Å²) in [5.41, 5.74) is 11.3. The molecule has 2 aromatic rings. The van der Waals surface area contributed by atoms with Crippen molar-refractivity contribution >= 4 is 33.5 Å². The molecule has 2 aromatic heterocycles. The number of allylic oxidation sites excluding steroid dienone is 3. The first-order valence-electron chi connectivity index (χ1n) is 10.2. The predicted octanol–water partition coefficient (Wildman–Crippen LogP) is 4.86. The molecule has 1 aliphatic heterocycles. The van der Waals surface area contributed by atoms with Crippen molar-refractivity contribution in [2.45, 2.75) is 50.9 Å². The summed E-state index contributed by atoms with van der Waals surface area (Å²) in [5.74, 6) is 0.0233. The fraction of sp³-hybridized carbons (Fsp3) is 0.348. The number of nitriles is 2. The van der Waals surface area contributed by atoms with Gasteiger partial charge in [0.25, 0.3) is 0 Å². The monoisotopic (exact) mass is 432 g/mol. The number of nitrogens with zero attached hydrogens (tertiary/aromatic N) is 3. The molecule has 3 aliphatic rings. The van der Waals surface area contributed by atoms with E-state index in [1.54, 1.807) is 22.7 Å². The minimum atomic E-state index is -0.416. The molecule has 0 bridgehead atoms. The summed E-state index contributed by atoms with van der Waals surface area (Å²) in [7, 11) is 0. The first-order valence-corrected chi connectivity index (χ1v) is 11.9. The van der Waals surface area contributed by atoms with Crippen LogP contribution >= 0.6 is 22.7 Å². The first kappa shape index (κ1) is 19.1. The number of fused-ring (bicyclic) bond motifs is 1. The molecule has 0 saturated heterocycles. The summed E-state index contributed by atoms with van der Waals surface area (Å²) in [6.45, 7) is 0. The number of Topliss-reactive ketones (excluding diaryl/α,β-unsaturated/α-hetero) is 1. The number of aryl methyl sites for hydroxylation is 1. The lowest BCUT2D eigenvalue weighted by atomic mass is 9.76. The van der Waals surface area contributed by atoms with E-state index in [2.05, 4.69) is 12.1 Å². The number of hydrogen-bond donors (Lipinski definition) is 1. The minimum absolute atomic E-state index is 0.0810. The van der Waals surface area contributed by atoms with Crippen LogP contribution in [0.25, 0.3) is 0 Å². The van der Waals surface area contributed by atoms with Crippen LogP contribution in [0.4, 0.5) is 5.00 Å². The average molecular weight is 433 g/mol. The van der Waals surface area contributed by atoms with Gasteiger partial charge in [-0.15, -0.1) is 11.3 Å². The van der Waals surface area contributed by atoms with E-state index in [1.165, 1.54) is 4.88 Å². The first-order chi connectivity index (χ1) is 14.7. The van der Waals surface area contributed by atoms with Gasteiger partial charge in [0, 0.05) is 22.6 Å². The summed E-state index contributed by atoms with van der Waals surface area (Å²) in [4.78, 5) is 16.2. The second kappa shape index (κ2) is 7.43. The molecule has 5 rings (SSSR count). The topological polar surface area (TPSA) is 93.9 Å². The highest BCUT2D eigenvalue weighted by molar-refractivity contribution is 7.16. The van der Waals surface area contributed by atoms with E-state index >= 15 is 0 Å². The van der Waals surface area contributed by atoms with Crippen molar-refractivity contribution < 1.29 is 4.79 Å². The fourth-order valence-corrected chi connectivity index (χ4v) is 6.98. The van der Waals surface area contributed by atoms with Crippen molar-refractivity contribution in [2.24, 2.45) is 5.73 Å². The van der Waals surface area contributed by atoms with Crippen LogP contribution in [0.5, 0.6) is 0 Å². The molecule has 0 aromatic carbocycles.